The largest absolute Gasteiger partial charge is 0.483 e. The number of benzene rings is 1. The molecule has 5 nitrogen and oxygen atoms in total. The molecule has 1 aliphatic heterocycles. The van der Waals surface area contributed by atoms with Crippen LogP contribution in [0.2, 0.25) is 0 Å². The van der Waals surface area contributed by atoms with Crippen LogP contribution in [0.3, 0.4) is 0 Å². The van der Waals surface area contributed by atoms with Gasteiger partial charge in [0.1, 0.15) is 12.4 Å². The van der Waals surface area contributed by atoms with Gasteiger partial charge in [-0.05, 0) is 43.5 Å². The first-order chi connectivity index (χ1) is 12.2. The van der Waals surface area contributed by atoms with E-state index in [2.05, 4.69) is 0 Å². The second-order valence-electron chi connectivity index (χ2n) is 6.39. The molecule has 0 unspecified atom stereocenters. The molecule has 4 rings (SSSR count). The standard InChI is InChI=1S/C19H20FNO4/c20-14-4-1-2-6-16(14)24-12-13-8-9-18(25-13)19(22)21-10-11-23-17-7-3-5-15(17)21/h1-2,4,6,8-9,15,17H,3,5,7,10-12H2/t15-,17+/m1/s1. The van der Waals surface area contributed by atoms with Crippen molar-refractivity contribution < 1.29 is 23.1 Å². The molecule has 2 aliphatic rings. The highest BCUT2D eigenvalue weighted by Gasteiger charge is 2.39. The maximum Gasteiger partial charge on any atom is 0.289 e. The summed E-state index contributed by atoms with van der Waals surface area (Å²) in [6, 6.07) is 9.68. The normalized spacial score (nSPS) is 22.7. The molecular weight excluding hydrogens is 325 g/mol. The first-order valence-electron chi connectivity index (χ1n) is 8.61. The molecule has 1 aromatic heterocycles. The van der Waals surface area contributed by atoms with Gasteiger partial charge in [0.05, 0.1) is 18.8 Å². The lowest BCUT2D eigenvalue weighted by Gasteiger charge is -2.37. The Morgan fingerprint density at radius 1 is 1.24 bits per heavy atom. The maximum atomic E-state index is 13.6. The number of hydrogen-bond acceptors (Lipinski definition) is 4. The number of amides is 1. The molecule has 1 saturated heterocycles. The molecule has 6 heteroatoms. The maximum absolute atomic E-state index is 13.6. The zero-order chi connectivity index (χ0) is 17.2. The predicted octanol–water partition coefficient (Wildman–Crippen LogP) is 3.39. The van der Waals surface area contributed by atoms with Gasteiger partial charge < -0.3 is 18.8 Å². The molecule has 1 amide bonds. The van der Waals surface area contributed by atoms with Crippen molar-refractivity contribution in [1.29, 1.82) is 0 Å². The van der Waals surface area contributed by atoms with Crippen molar-refractivity contribution >= 4 is 5.91 Å². The summed E-state index contributed by atoms with van der Waals surface area (Å²) in [5.74, 6) is 0.402. The number of ether oxygens (including phenoxy) is 2. The molecule has 1 saturated carbocycles. The summed E-state index contributed by atoms with van der Waals surface area (Å²) in [5.41, 5.74) is 0. The zero-order valence-corrected chi connectivity index (χ0v) is 13.8. The summed E-state index contributed by atoms with van der Waals surface area (Å²) < 4.78 is 30.4. The van der Waals surface area contributed by atoms with E-state index in [9.17, 15) is 9.18 Å². The van der Waals surface area contributed by atoms with E-state index in [0.29, 0.717) is 24.7 Å². The van der Waals surface area contributed by atoms with Crippen molar-refractivity contribution in [2.75, 3.05) is 13.2 Å². The van der Waals surface area contributed by atoms with E-state index in [1.807, 2.05) is 4.90 Å². The molecule has 2 heterocycles. The number of carbonyl (C=O) groups is 1. The Bertz CT molecular complexity index is 759. The number of rotatable bonds is 4. The predicted molar refractivity (Wildman–Crippen MR) is 87.9 cm³/mol. The molecule has 2 fully saturated rings. The van der Waals surface area contributed by atoms with E-state index in [4.69, 9.17) is 13.9 Å². The van der Waals surface area contributed by atoms with Gasteiger partial charge in [-0.3, -0.25) is 4.79 Å². The highest BCUT2D eigenvalue weighted by Crippen LogP contribution is 2.31. The Morgan fingerprint density at radius 3 is 3.00 bits per heavy atom. The van der Waals surface area contributed by atoms with Crippen LogP contribution < -0.4 is 4.74 Å². The number of morpholine rings is 1. The average molecular weight is 345 g/mol. The highest BCUT2D eigenvalue weighted by molar-refractivity contribution is 5.92. The summed E-state index contributed by atoms with van der Waals surface area (Å²) >= 11 is 0. The minimum Gasteiger partial charge on any atom is -0.483 e. The monoisotopic (exact) mass is 345 g/mol. The number of nitrogens with zero attached hydrogens (tertiary/aromatic N) is 1. The summed E-state index contributed by atoms with van der Waals surface area (Å²) in [6.07, 6.45) is 3.21. The SMILES string of the molecule is O=C(c1ccc(COc2ccccc2F)o1)N1CCO[C@H]2CCC[C@H]21. The van der Waals surface area contributed by atoms with E-state index < -0.39 is 5.82 Å². The number of fused-ring (bicyclic) bond motifs is 1. The van der Waals surface area contributed by atoms with Crippen LogP contribution in [0.25, 0.3) is 0 Å². The van der Waals surface area contributed by atoms with E-state index >= 15 is 0 Å². The van der Waals surface area contributed by atoms with Gasteiger partial charge in [0.25, 0.3) is 5.91 Å². The van der Waals surface area contributed by atoms with Crippen molar-refractivity contribution in [2.45, 2.75) is 38.0 Å². The second-order valence-corrected chi connectivity index (χ2v) is 6.39. The first kappa shape index (κ1) is 16.1. The lowest BCUT2D eigenvalue weighted by atomic mass is 10.1. The topological polar surface area (TPSA) is 51.9 Å². The second kappa shape index (κ2) is 6.88. The van der Waals surface area contributed by atoms with Crippen LogP contribution in [0.4, 0.5) is 4.39 Å². The minimum absolute atomic E-state index is 0.0728. The Morgan fingerprint density at radius 2 is 2.12 bits per heavy atom. The van der Waals surface area contributed by atoms with Crippen LogP contribution in [-0.2, 0) is 11.3 Å². The van der Waals surface area contributed by atoms with E-state index in [1.54, 1.807) is 30.3 Å². The Kier molecular flexibility index (Phi) is 4.44. The van der Waals surface area contributed by atoms with Crippen LogP contribution in [-0.4, -0.2) is 36.1 Å². The fourth-order valence-corrected chi connectivity index (χ4v) is 3.60. The summed E-state index contributed by atoms with van der Waals surface area (Å²) in [7, 11) is 0. The highest BCUT2D eigenvalue weighted by atomic mass is 19.1. The van der Waals surface area contributed by atoms with E-state index in [-0.39, 0.29) is 30.4 Å². The van der Waals surface area contributed by atoms with Crippen LogP contribution in [0.1, 0.15) is 35.6 Å². The van der Waals surface area contributed by atoms with E-state index in [0.717, 1.165) is 19.3 Å². The Labute approximate surface area is 145 Å². The Balaban J connectivity index is 1.42. The lowest BCUT2D eigenvalue weighted by Crippen LogP contribution is -2.51. The summed E-state index contributed by atoms with van der Waals surface area (Å²) in [6.45, 7) is 1.22. The van der Waals surface area contributed by atoms with Gasteiger partial charge in [-0.15, -0.1) is 0 Å². The number of carbonyl (C=O) groups excluding carboxylic acids is 1. The molecule has 0 bridgehead atoms. The van der Waals surface area contributed by atoms with Gasteiger partial charge in [-0.2, -0.15) is 0 Å². The van der Waals surface area contributed by atoms with Gasteiger partial charge >= 0.3 is 0 Å². The number of halogens is 1. The molecular formula is C19H20FNO4. The molecule has 1 aromatic carbocycles. The van der Waals surface area contributed by atoms with Gasteiger partial charge in [-0.1, -0.05) is 12.1 Å². The van der Waals surface area contributed by atoms with Crippen LogP contribution >= 0.6 is 0 Å². The Hall–Kier alpha value is -2.34. The molecule has 25 heavy (non-hydrogen) atoms. The lowest BCUT2D eigenvalue weighted by molar-refractivity contribution is -0.0454. The van der Waals surface area contributed by atoms with Gasteiger partial charge in [0, 0.05) is 6.54 Å². The summed E-state index contributed by atoms with van der Waals surface area (Å²) in [5, 5.41) is 0. The third kappa shape index (κ3) is 3.26. The first-order valence-corrected chi connectivity index (χ1v) is 8.61. The van der Waals surface area contributed by atoms with Gasteiger partial charge in [-0.25, -0.2) is 4.39 Å². The van der Waals surface area contributed by atoms with Crippen LogP contribution in [0, 0.1) is 5.82 Å². The molecule has 2 aromatic rings. The molecule has 0 N–H and O–H groups in total. The van der Waals surface area contributed by atoms with Crippen molar-refractivity contribution in [3.8, 4) is 5.75 Å². The number of para-hydroxylation sites is 1. The number of furan rings is 1. The third-order valence-electron chi connectivity index (χ3n) is 4.82. The van der Waals surface area contributed by atoms with Crippen LogP contribution in [0.15, 0.2) is 40.8 Å². The fraction of sp³-hybridized carbons (Fsp3) is 0.421. The third-order valence-corrected chi connectivity index (χ3v) is 4.82. The quantitative estimate of drug-likeness (QED) is 0.852. The van der Waals surface area contributed by atoms with Gasteiger partial charge in [0.2, 0.25) is 0 Å². The average Bonchev–Trinajstić information content (AvgIpc) is 3.29. The molecule has 0 radical (unpaired) electrons. The minimum atomic E-state index is -0.425. The van der Waals surface area contributed by atoms with Crippen molar-refractivity contribution in [2.24, 2.45) is 0 Å². The smallest absolute Gasteiger partial charge is 0.289 e. The van der Waals surface area contributed by atoms with Crippen molar-refractivity contribution in [1.82, 2.24) is 4.90 Å². The summed E-state index contributed by atoms with van der Waals surface area (Å²) in [4.78, 5) is 14.6. The molecule has 0 spiro atoms. The van der Waals surface area contributed by atoms with Crippen molar-refractivity contribution in [3.63, 3.8) is 0 Å². The van der Waals surface area contributed by atoms with E-state index in [1.165, 1.54) is 6.07 Å². The molecule has 132 valence electrons. The zero-order valence-electron chi connectivity index (χ0n) is 13.8. The molecule has 2 atom stereocenters. The molecule has 1 aliphatic carbocycles. The number of hydrogen-bond donors (Lipinski definition) is 0. The fourth-order valence-electron chi connectivity index (χ4n) is 3.60. The van der Waals surface area contributed by atoms with Crippen molar-refractivity contribution in [3.05, 3.63) is 53.7 Å². The van der Waals surface area contributed by atoms with Gasteiger partial charge in [0.15, 0.2) is 17.3 Å². The van der Waals surface area contributed by atoms with Crippen LogP contribution in [0.5, 0.6) is 5.75 Å².